The molecular formula is C22H22ClF4N3O4. The molecule has 1 aliphatic rings. The summed E-state index contributed by atoms with van der Waals surface area (Å²) in [5.74, 6) is -1.52. The zero-order valence-electron chi connectivity index (χ0n) is 17.8. The van der Waals surface area contributed by atoms with Gasteiger partial charge in [0.2, 0.25) is 11.8 Å². The summed E-state index contributed by atoms with van der Waals surface area (Å²) in [5.41, 5.74) is 0.343. The van der Waals surface area contributed by atoms with Gasteiger partial charge in [-0.05, 0) is 43.9 Å². The van der Waals surface area contributed by atoms with Gasteiger partial charge in [-0.25, -0.2) is 9.37 Å². The zero-order valence-corrected chi connectivity index (χ0v) is 18.6. The Bertz CT molecular complexity index is 997. The maximum atomic E-state index is 13.4. The van der Waals surface area contributed by atoms with E-state index in [1.807, 2.05) is 0 Å². The van der Waals surface area contributed by atoms with Gasteiger partial charge in [-0.15, -0.1) is 0 Å². The second-order valence-electron chi connectivity index (χ2n) is 7.76. The highest BCUT2D eigenvalue weighted by Crippen LogP contribution is 2.26. The minimum Gasteiger partial charge on any atom is -0.484 e. The second-order valence-corrected chi connectivity index (χ2v) is 8.17. The van der Waals surface area contributed by atoms with E-state index < -0.39 is 18.6 Å². The van der Waals surface area contributed by atoms with Crippen molar-refractivity contribution >= 4 is 29.1 Å². The van der Waals surface area contributed by atoms with Crippen LogP contribution in [0.25, 0.3) is 0 Å². The third kappa shape index (κ3) is 8.05. The highest BCUT2D eigenvalue weighted by atomic mass is 35.5. The van der Waals surface area contributed by atoms with E-state index in [1.54, 1.807) is 0 Å². The molecule has 0 unspecified atom stereocenters. The van der Waals surface area contributed by atoms with Gasteiger partial charge in [0.1, 0.15) is 11.6 Å². The van der Waals surface area contributed by atoms with Crippen LogP contribution in [0.2, 0.25) is 5.02 Å². The van der Waals surface area contributed by atoms with Crippen molar-refractivity contribution in [2.75, 3.05) is 18.5 Å². The number of rotatable bonds is 8. The molecule has 2 N–H and O–H groups in total. The predicted octanol–water partition coefficient (Wildman–Crippen LogP) is 4.51. The Labute approximate surface area is 197 Å². The molecule has 0 bridgehead atoms. The van der Waals surface area contributed by atoms with Crippen LogP contribution in [0.4, 0.5) is 23.2 Å². The number of hydrogen-bond acceptors (Lipinski definition) is 5. The maximum Gasteiger partial charge on any atom is 0.422 e. The molecule has 184 valence electrons. The number of nitrogens with zero attached hydrogens (tertiary/aromatic N) is 1. The van der Waals surface area contributed by atoms with Crippen LogP contribution in [0, 0.1) is 11.7 Å². The summed E-state index contributed by atoms with van der Waals surface area (Å²) in [7, 11) is 0. The van der Waals surface area contributed by atoms with Crippen molar-refractivity contribution in [2.45, 2.75) is 37.9 Å². The van der Waals surface area contributed by atoms with E-state index in [-0.39, 0.29) is 47.0 Å². The summed E-state index contributed by atoms with van der Waals surface area (Å²) in [4.78, 5) is 28.3. The molecule has 12 heteroatoms. The van der Waals surface area contributed by atoms with Crippen LogP contribution >= 0.6 is 11.6 Å². The van der Waals surface area contributed by atoms with Crippen molar-refractivity contribution in [3.05, 3.63) is 47.4 Å². The molecule has 1 aromatic carbocycles. The number of carbonyl (C=O) groups excluding carboxylic acids is 2. The first kappa shape index (κ1) is 25.5. The highest BCUT2D eigenvalue weighted by molar-refractivity contribution is 6.30. The van der Waals surface area contributed by atoms with Gasteiger partial charge in [-0.2, -0.15) is 13.2 Å². The van der Waals surface area contributed by atoms with Gasteiger partial charge in [0.25, 0.3) is 5.91 Å². The second kappa shape index (κ2) is 11.4. The predicted molar refractivity (Wildman–Crippen MR) is 115 cm³/mol. The molecule has 1 saturated carbocycles. The minimum absolute atomic E-state index is 0.0409. The van der Waals surface area contributed by atoms with Crippen molar-refractivity contribution in [1.82, 2.24) is 10.3 Å². The monoisotopic (exact) mass is 503 g/mol. The van der Waals surface area contributed by atoms with Crippen LogP contribution in [0.3, 0.4) is 0 Å². The van der Waals surface area contributed by atoms with E-state index >= 15 is 0 Å². The molecule has 0 atom stereocenters. The van der Waals surface area contributed by atoms with E-state index in [1.165, 1.54) is 30.5 Å². The first-order chi connectivity index (χ1) is 16.1. The fraction of sp³-hybridized carbons (Fsp3) is 0.409. The zero-order chi connectivity index (χ0) is 24.7. The molecule has 34 heavy (non-hydrogen) atoms. The molecule has 2 amide bonds. The lowest BCUT2D eigenvalue weighted by molar-refractivity contribution is -0.154. The lowest BCUT2D eigenvalue weighted by Crippen LogP contribution is -2.41. The average molecular weight is 504 g/mol. The normalized spacial score (nSPS) is 18.1. The Morgan fingerprint density at radius 3 is 2.44 bits per heavy atom. The number of aromatic nitrogens is 1. The molecule has 2 aromatic rings. The minimum atomic E-state index is -4.46. The van der Waals surface area contributed by atoms with Crippen LogP contribution in [-0.4, -0.2) is 42.2 Å². The molecule has 1 heterocycles. The number of hydrogen-bond donors (Lipinski definition) is 2. The smallest absolute Gasteiger partial charge is 0.422 e. The number of alkyl halides is 3. The fourth-order valence-electron chi connectivity index (χ4n) is 3.42. The number of nitrogens with one attached hydrogen (secondary N) is 2. The Balaban J connectivity index is 1.37. The molecule has 1 fully saturated rings. The van der Waals surface area contributed by atoms with Crippen molar-refractivity contribution in [3.63, 3.8) is 0 Å². The number of carbonyl (C=O) groups is 2. The van der Waals surface area contributed by atoms with Gasteiger partial charge in [0, 0.05) is 24.1 Å². The van der Waals surface area contributed by atoms with E-state index in [2.05, 4.69) is 20.4 Å². The summed E-state index contributed by atoms with van der Waals surface area (Å²) in [6.07, 6.45) is -0.984. The molecule has 0 aliphatic heterocycles. The van der Waals surface area contributed by atoms with Gasteiger partial charge in [-0.3, -0.25) is 9.59 Å². The Morgan fingerprint density at radius 1 is 1.09 bits per heavy atom. The SMILES string of the molecule is O=C(COc1ccc(Cl)c(F)c1)NC1CCC(C(=O)Nc2ccc(OCC(F)(F)F)nc2)CC1. The van der Waals surface area contributed by atoms with E-state index in [0.29, 0.717) is 31.4 Å². The van der Waals surface area contributed by atoms with Gasteiger partial charge in [0.05, 0.1) is 16.9 Å². The molecule has 3 rings (SSSR count). The largest absolute Gasteiger partial charge is 0.484 e. The van der Waals surface area contributed by atoms with Gasteiger partial charge < -0.3 is 20.1 Å². The van der Waals surface area contributed by atoms with Crippen molar-refractivity contribution < 1.29 is 36.6 Å². The Hall–Kier alpha value is -3.08. The van der Waals surface area contributed by atoms with Crippen LogP contribution in [0.15, 0.2) is 36.5 Å². The summed E-state index contributed by atoms with van der Waals surface area (Å²) in [5, 5.41) is 5.48. The fourth-order valence-corrected chi connectivity index (χ4v) is 3.54. The summed E-state index contributed by atoms with van der Waals surface area (Å²) < 4.78 is 59.7. The Kier molecular flexibility index (Phi) is 8.54. The standard InChI is InChI=1S/C22H22ClF4N3O4/c23-17-7-6-16(9-18(17)24)33-11-19(31)29-14-3-1-13(2-4-14)21(32)30-15-5-8-20(28-10-15)34-12-22(25,26)27/h5-10,13-14H,1-4,11-12H2,(H,29,31)(H,30,32). The first-order valence-corrected chi connectivity index (χ1v) is 10.8. The number of benzene rings is 1. The number of halogens is 5. The summed E-state index contributed by atoms with van der Waals surface area (Å²) in [6.45, 7) is -1.73. The maximum absolute atomic E-state index is 13.4. The van der Waals surface area contributed by atoms with Crippen molar-refractivity contribution in [2.24, 2.45) is 5.92 Å². The van der Waals surface area contributed by atoms with Crippen molar-refractivity contribution in [1.29, 1.82) is 0 Å². The molecule has 7 nitrogen and oxygen atoms in total. The third-order valence-electron chi connectivity index (χ3n) is 5.11. The van der Waals surface area contributed by atoms with Crippen LogP contribution in [-0.2, 0) is 9.59 Å². The number of ether oxygens (including phenoxy) is 2. The molecule has 0 spiro atoms. The van der Waals surface area contributed by atoms with Gasteiger partial charge in [-0.1, -0.05) is 11.6 Å². The average Bonchev–Trinajstić information content (AvgIpc) is 2.79. The molecule has 0 saturated heterocycles. The summed E-state index contributed by atoms with van der Waals surface area (Å²) >= 11 is 5.60. The number of amides is 2. The molecule has 1 aromatic heterocycles. The third-order valence-corrected chi connectivity index (χ3v) is 5.42. The van der Waals surface area contributed by atoms with E-state index in [0.717, 1.165) is 6.07 Å². The Morgan fingerprint density at radius 2 is 1.82 bits per heavy atom. The lowest BCUT2D eigenvalue weighted by Gasteiger charge is -2.28. The van der Waals surface area contributed by atoms with Crippen LogP contribution < -0.4 is 20.1 Å². The molecular weight excluding hydrogens is 482 g/mol. The lowest BCUT2D eigenvalue weighted by atomic mass is 9.85. The highest BCUT2D eigenvalue weighted by Gasteiger charge is 2.29. The van der Waals surface area contributed by atoms with Crippen molar-refractivity contribution in [3.8, 4) is 11.6 Å². The topological polar surface area (TPSA) is 89.5 Å². The molecule has 0 radical (unpaired) electrons. The van der Waals surface area contributed by atoms with E-state index in [4.69, 9.17) is 16.3 Å². The van der Waals surface area contributed by atoms with E-state index in [9.17, 15) is 27.2 Å². The molecule has 1 aliphatic carbocycles. The number of pyridine rings is 1. The van der Waals surface area contributed by atoms with Gasteiger partial charge in [0.15, 0.2) is 13.2 Å². The quantitative estimate of drug-likeness (QED) is 0.517. The van der Waals surface area contributed by atoms with Gasteiger partial charge >= 0.3 is 6.18 Å². The number of anilines is 1. The summed E-state index contributed by atoms with van der Waals surface area (Å²) in [6, 6.07) is 6.43. The first-order valence-electron chi connectivity index (χ1n) is 10.4. The van der Waals surface area contributed by atoms with Crippen LogP contribution in [0.5, 0.6) is 11.6 Å². The van der Waals surface area contributed by atoms with Crippen LogP contribution in [0.1, 0.15) is 25.7 Å².